The zero-order valence-electron chi connectivity index (χ0n) is 14.0. The molecule has 0 radical (unpaired) electrons. The molecular weight excluding hydrogens is 288 g/mol. The van der Waals surface area contributed by atoms with Gasteiger partial charge >= 0.3 is 0 Å². The summed E-state index contributed by atoms with van der Waals surface area (Å²) in [5, 5.41) is 12.9. The van der Waals surface area contributed by atoms with Crippen LogP contribution in [0.5, 0.6) is 0 Å². The Labute approximate surface area is 139 Å². The van der Waals surface area contributed by atoms with E-state index in [1.807, 2.05) is 30.3 Å². The van der Waals surface area contributed by atoms with Crippen molar-refractivity contribution in [3.63, 3.8) is 0 Å². The Bertz CT molecular complexity index is 442. The van der Waals surface area contributed by atoms with Crippen LogP contribution in [0.3, 0.4) is 0 Å². The lowest BCUT2D eigenvalue weighted by Gasteiger charge is -2.24. The van der Waals surface area contributed by atoms with E-state index in [0.29, 0.717) is 19.4 Å². The number of nitrogens with zero attached hydrogens (tertiary/aromatic N) is 1. The van der Waals surface area contributed by atoms with Gasteiger partial charge in [-0.15, -0.1) is 0 Å². The summed E-state index contributed by atoms with van der Waals surface area (Å²) in [6.45, 7) is 3.39. The summed E-state index contributed by atoms with van der Waals surface area (Å²) in [7, 11) is 0. The van der Waals surface area contributed by atoms with Gasteiger partial charge in [0.2, 0.25) is 5.91 Å². The largest absolute Gasteiger partial charge is 0.391 e. The molecule has 1 atom stereocenters. The number of hydrogen-bond acceptors (Lipinski definition) is 3. The molecule has 0 aliphatic carbocycles. The van der Waals surface area contributed by atoms with Crippen LogP contribution in [0.2, 0.25) is 0 Å². The third kappa shape index (κ3) is 7.62. The Balaban J connectivity index is 1.60. The second-order valence-corrected chi connectivity index (χ2v) is 6.51. The molecular formula is C19H30N2O2. The summed E-state index contributed by atoms with van der Waals surface area (Å²) >= 11 is 0. The molecule has 0 bridgehead atoms. The van der Waals surface area contributed by atoms with Gasteiger partial charge in [-0.1, -0.05) is 49.6 Å². The minimum absolute atomic E-state index is 0.0409. The van der Waals surface area contributed by atoms with Crippen molar-refractivity contribution in [2.75, 3.05) is 26.2 Å². The summed E-state index contributed by atoms with van der Waals surface area (Å²) in [6, 6.07) is 9.87. The summed E-state index contributed by atoms with van der Waals surface area (Å²) in [5.41, 5.74) is 1.09. The predicted octanol–water partition coefficient (Wildman–Crippen LogP) is 2.36. The SMILES string of the molecule is O=C(CCN1CCCCCCC1)NC[C@@H](O)Cc1ccccc1. The van der Waals surface area contributed by atoms with E-state index in [-0.39, 0.29) is 5.91 Å². The number of nitrogens with one attached hydrogen (secondary N) is 1. The van der Waals surface area contributed by atoms with Crippen LogP contribution < -0.4 is 5.32 Å². The zero-order chi connectivity index (χ0) is 16.3. The number of aliphatic hydroxyl groups excluding tert-OH is 1. The average molecular weight is 318 g/mol. The number of aliphatic hydroxyl groups is 1. The third-order valence-corrected chi connectivity index (χ3v) is 4.45. The molecule has 23 heavy (non-hydrogen) atoms. The lowest BCUT2D eigenvalue weighted by atomic mass is 10.1. The summed E-state index contributed by atoms with van der Waals surface area (Å²) in [6.07, 6.45) is 7.05. The van der Waals surface area contributed by atoms with Crippen molar-refractivity contribution in [2.45, 2.75) is 51.0 Å². The van der Waals surface area contributed by atoms with Crippen molar-refractivity contribution >= 4 is 5.91 Å². The standard InChI is InChI=1S/C19H30N2O2/c22-18(15-17-9-5-4-6-10-17)16-20-19(23)11-14-21-12-7-2-1-3-8-13-21/h4-6,9-10,18,22H,1-3,7-8,11-16H2,(H,20,23)/t18-/m0/s1. The number of carbonyl (C=O) groups excluding carboxylic acids is 1. The Kier molecular flexibility index (Phi) is 8.12. The Morgan fingerprint density at radius 2 is 1.74 bits per heavy atom. The van der Waals surface area contributed by atoms with Crippen molar-refractivity contribution in [3.8, 4) is 0 Å². The minimum Gasteiger partial charge on any atom is -0.391 e. The quantitative estimate of drug-likeness (QED) is 0.811. The molecule has 0 aromatic heterocycles. The van der Waals surface area contributed by atoms with Crippen LogP contribution in [0.4, 0.5) is 0 Å². The normalized spacial score (nSPS) is 18.0. The monoisotopic (exact) mass is 318 g/mol. The smallest absolute Gasteiger partial charge is 0.221 e. The third-order valence-electron chi connectivity index (χ3n) is 4.45. The van der Waals surface area contributed by atoms with Gasteiger partial charge in [0.25, 0.3) is 0 Å². The van der Waals surface area contributed by atoms with Crippen molar-refractivity contribution in [1.29, 1.82) is 0 Å². The van der Waals surface area contributed by atoms with Crippen LogP contribution >= 0.6 is 0 Å². The molecule has 1 saturated heterocycles. The van der Waals surface area contributed by atoms with E-state index in [2.05, 4.69) is 10.2 Å². The van der Waals surface area contributed by atoms with Gasteiger partial charge in [0.15, 0.2) is 0 Å². The highest BCUT2D eigenvalue weighted by Crippen LogP contribution is 2.10. The van der Waals surface area contributed by atoms with Crippen molar-refractivity contribution in [3.05, 3.63) is 35.9 Å². The summed E-state index contributed by atoms with van der Waals surface area (Å²) < 4.78 is 0. The van der Waals surface area contributed by atoms with Gasteiger partial charge in [-0.2, -0.15) is 0 Å². The number of carbonyl (C=O) groups is 1. The molecule has 0 saturated carbocycles. The maximum absolute atomic E-state index is 11.9. The highest BCUT2D eigenvalue weighted by Gasteiger charge is 2.11. The molecule has 1 aliphatic rings. The van der Waals surface area contributed by atoms with E-state index in [9.17, 15) is 9.90 Å². The Morgan fingerprint density at radius 1 is 1.09 bits per heavy atom. The van der Waals surface area contributed by atoms with Crippen molar-refractivity contribution in [1.82, 2.24) is 10.2 Å². The first kappa shape index (κ1) is 18.0. The first-order valence-corrected chi connectivity index (χ1v) is 8.95. The fourth-order valence-electron chi connectivity index (χ4n) is 3.07. The van der Waals surface area contributed by atoms with E-state index in [4.69, 9.17) is 0 Å². The molecule has 1 aromatic carbocycles. The van der Waals surface area contributed by atoms with E-state index in [1.165, 1.54) is 32.1 Å². The Morgan fingerprint density at radius 3 is 2.43 bits per heavy atom. The molecule has 1 heterocycles. The van der Waals surface area contributed by atoms with Crippen molar-refractivity contribution in [2.24, 2.45) is 0 Å². The van der Waals surface area contributed by atoms with Crippen LogP contribution in [-0.2, 0) is 11.2 Å². The van der Waals surface area contributed by atoms with Gasteiger partial charge in [0.1, 0.15) is 0 Å². The maximum atomic E-state index is 11.9. The topological polar surface area (TPSA) is 52.6 Å². The molecule has 4 heteroatoms. The van der Waals surface area contributed by atoms with Gasteiger partial charge in [-0.25, -0.2) is 0 Å². The van der Waals surface area contributed by atoms with Gasteiger partial charge in [0.05, 0.1) is 6.10 Å². The summed E-state index contributed by atoms with van der Waals surface area (Å²) in [4.78, 5) is 14.3. The molecule has 1 aliphatic heterocycles. The minimum atomic E-state index is -0.525. The molecule has 1 aromatic rings. The molecule has 2 N–H and O–H groups in total. The van der Waals surface area contributed by atoms with Crippen LogP contribution in [0.1, 0.15) is 44.1 Å². The first-order chi connectivity index (χ1) is 11.2. The van der Waals surface area contributed by atoms with Gasteiger partial charge in [0, 0.05) is 25.9 Å². The lowest BCUT2D eigenvalue weighted by molar-refractivity contribution is -0.121. The highest BCUT2D eigenvalue weighted by atomic mass is 16.3. The second kappa shape index (κ2) is 10.4. The second-order valence-electron chi connectivity index (χ2n) is 6.51. The molecule has 0 unspecified atom stereocenters. The predicted molar refractivity (Wildman–Crippen MR) is 93.3 cm³/mol. The Hall–Kier alpha value is -1.39. The number of rotatable bonds is 7. The average Bonchev–Trinajstić information content (AvgIpc) is 2.53. The van der Waals surface area contributed by atoms with Gasteiger partial charge in [-0.3, -0.25) is 4.79 Å². The van der Waals surface area contributed by atoms with Gasteiger partial charge in [-0.05, 0) is 31.5 Å². The number of benzene rings is 1. The first-order valence-electron chi connectivity index (χ1n) is 8.95. The fraction of sp³-hybridized carbons (Fsp3) is 0.632. The number of amides is 1. The lowest BCUT2D eigenvalue weighted by Crippen LogP contribution is -2.36. The maximum Gasteiger partial charge on any atom is 0.221 e. The van der Waals surface area contributed by atoms with E-state index in [0.717, 1.165) is 25.2 Å². The highest BCUT2D eigenvalue weighted by molar-refractivity contribution is 5.76. The molecule has 1 fully saturated rings. The number of likely N-dealkylation sites (tertiary alicyclic amines) is 1. The number of hydrogen-bond donors (Lipinski definition) is 2. The van der Waals surface area contributed by atoms with E-state index >= 15 is 0 Å². The summed E-state index contributed by atoms with van der Waals surface area (Å²) in [5.74, 6) is 0.0409. The van der Waals surface area contributed by atoms with E-state index in [1.54, 1.807) is 0 Å². The fourth-order valence-corrected chi connectivity index (χ4v) is 3.07. The molecule has 4 nitrogen and oxygen atoms in total. The van der Waals surface area contributed by atoms with Gasteiger partial charge < -0.3 is 15.3 Å². The van der Waals surface area contributed by atoms with Crippen LogP contribution in [0, 0.1) is 0 Å². The molecule has 1 amide bonds. The van der Waals surface area contributed by atoms with E-state index < -0.39 is 6.10 Å². The molecule has 2 rings (SSSR count). The van der Waals surface area contributed by atoms with Crippen LogP contribution in [0.25, 0.3) is 0 Å². The van der Waals surface area contributed by atoms with Crippen molar-refractivity contribution < 1.29 is 9.90 Å². The zero-order valence-corrected chi connectivity index (χ0v) is 14.0. The molecule has 128 valence electrons. The van der Waals surface area contributed by atoms with Crippen LogP contribution in [-0.4, -0.2) is 48.2 Å². The van der Waals surface area contributed by atoms with Crippen LogP contribution in [0.15, 0.2) is 30.3 Å². The molecule has 0 spiro atoms.